The van der Waals surface area contributed by atoms with Gasteiger partial charge in [-0.25, -0.2) is 4.99 Å². The van der Waals surface area contributed by atoms with E-state index in [1.165, 1.54) is 12.8 Å². The largest absolute Gasteiger partial charge is 0.385 e. The van der Waals surface area contributed by atoms with E-state index in [-0.39, 0.29) is 36.4 Å². The van der Waals surface area contributed by atoms with Gasteiger partial charge in [-0.2, -0.15) is 0 Å². The highest BCUT2D eigenvalue weighted by Gasteiger charge is 2.41. The Morgan fingerprint density at radius 3 is 2.52 bits per heavy atom. The molecule has 1 fully saturated rings. The summed E-state index contributed by atoms with van der Waals surface area (Å²) in [5.41, 5.74) is 0.329. The SMILES string of the molecule is CCOCCCNC(=NCC(=O)N(C)C)NCC1(CCOC)CC1.I. The molecular weight excluding hydrogens is 435 g/mol. The average Bonchev–Trinajstić information content (AvgIpc) is 3.34. The molecule has 1 aliphatic rings. The molecule has 0 unspecified atom stereocenters. The van der Waals surface area contributed by atoms with Gasteiger partial charge in [0.2, 0.25) is 5.91 Å². The Kier molecular flexibility index (Phi) is 13.2. The van der Waals surface area contributed by atoms with Gasteiger partial charge in [-0.1, -0.05) is 0 Å². The number of hydrogen-bond acceptors (Lipinski definition) is 4. The number of carbonyl (C=O) groups is 1. The Morgan fingerprint density at radius 2 is 1.96 bits per heavy atom. The third-order valence-electron chi connectivity index (χ3n) is 4.26. The zero-order chi connectivity index (χ0) is 17.8. The van der Waals surface area contributed by atoms with Crippen molar-refractivity contribution in [2.75, 3.05) is 60.7 Å². The lowest BCUT2D eigenvalue weighted by molar-refractivity contribution is -0.127. The van der Waals surface area contributed by atoms with Crippen LogP contribution >= 0.6 is 24.0 Å². The van der Waals surface area contributed by atoms with E-state index in [1.54, 1.807) is 26.1 Å². The summed E-state index contributed by atoms with van der Waals surface area (Å²) in [4.78, 5) is 17.7. The van der Waals surface area contributed by atoms with Crippen LogP contribution in [-0.4, -0.2) is 77.4 Å². The van der Waals surface area contributed by atoms with Crippen LogP contribution in [0.3, 0.4) is 0 Å². The van der Waals surface area contributed by atoms with E-state index in [4.69, 9.17) is 9.47 Å². The molecule has 1 amide bonds. The molecule has 7 nitrogen and oxygen atoms in total. The van der Waals surface area contributed by atoms with Crippen molar-refractivity contribution in [3.63, 3.8) is 0 Å². The number of methoxy groups -OCH3 is 1. The average molecular weight is 470 g/mol. The predicted molar refractivity (Wildman–Crippen MR) is 112 cm³/mol. The van der Waals surface area contributed by atoms with Gasteiger partial charge in [0.1, 0.15) is 6.54 Å². The van der Waals surface area contributed by atoms with Crippen LogP contribution in [0.2, 0.25) is 0 Å². The lowest BCUT2D eigenvalue weighted by Crippen LogP contribution is -2.42. The standard InChI is InChI=1S/C17H34N4O3.HI/c1-5-24-11-6-10-18-16(19-13-15(22)21(2)3)20-14-17(7-8-17)9-12-23-4;/h5-14H2,1-4H3,(H2,18,19,20);1H. The fourth-order valence-corrected chi connectivity index (χ4v) is 2.27. The number of rotatable bonds is 12. The maximum Gasteiger partial charge on any atom is 0.243 e. The quantitative estimate of drug-likeness (QED) is 0.196. The van der Waals surface area contributed by atoms with Crippen LogP contribution in [0.1, 0.15) is 32.6 Å². The van der Waals surface area contributed by atoms with E-state index in [1.807, 2.05) is 6.92 Å². The number of aliphatic imine (C=N–C) groups is 1. The van der Waals surface area contributed by atoms with Crippen LogP contribution in [0.15, 0.2) is 4.99 Å². The fraction of sp³-hybridized carbons (Fsp3) is 0.882. The zero-order valence-electron chi connectivity index (χ0n) is 16.1. The number of likely N-dealkylation sites (N-methyl/N-ethyl adjacent to an activating group) is 1. The molecule has 2 N–H and O–H groups in total. The summed E-state index contributed by atoms with van der Waals surface area (Å²) >= 11 is 0. The van der Waals surface area contributed by atoms with Gasteiger partial charge in [0.05, 0.1) is 0 Å². The Bertz CT molecular complexity index is 401. The molecule has 0 radical (unpaired) electrons. The third-order valence-corrected chi connectivity index (χ3v) is 4.26. The molecule has 0 saturated heterocycles. The second-order valence-corrected chi connectivity index (χ2v) is 6.53. The van der Waals surface area contributed by atoms with Crippen molar-refractivity contribution >= 4 is 35.8 Å². The lowest BCUT2D eigenvalue weighted by atomic mass is 10.0. The molecule has 0 aromatic carbocycles. The molecule has 1 aliphatic carbocycles. The van der Waals surface area contributed by atoms with Gasteiger partial charge in [0, 0.05) is 54.1 Å². The lowest BCUT2D eigenvalue weighted by Gasteiger charge is -2.19. The summed E-state index contributed by atoms with van der Waals surface area (Å²) < 4.78 is 10.5. The van der Waals surface area contributed by atoms with E-state index in [9.17, 15) is 4.79 Å². The number of amides is 1. The second-order valence-electron chi connectivity index (χ2n) is 6.53. The Labute approximate surface area is 169 Å². The summed E-state index contributed by atoms with van der Waals surface area (Å²) in [6.07, 6.45) is 4.41. The molecule has 0 aromatic heterocycles. The van der Waals surface area contributed by atoms with Crippen molar-refractivity contribution in [1.29, 1.82) is 0 Å². The maximum atomic E-state index is 11.7. The van der Waals surface area contributed by atoms with Gasteiger partial charge in [-0.05, 0) is 38.0 Å². The van der Waals surface area contributed by atoms with Gasteiger partial charge in [0.15, 0.2) is 5.96 Å². The van der Waals surface area contributed by atoms with Crippen LogP contribution in [0.25, 0.3) is 0 Å². The minimum atomic E-state index is -0.00839. The monoisotopic (exact) mass is 470 g/mol. The van der Waals surface area contributed by atoms with Crippen molar-refractivity contribution in [2.24, 2.45) is 10.4 Å². The van der Waals surface area contributed by atoms with Crippen molar-refractivity contribution in [1.82, 2.24) is 15.5 Å². The zero-order valence-corrected chi connectivity index (χ0v) is 18.4. The predicted octanol–water partition coefficient (Wildman–Crippen LogP) is 1.47. The normalized spacial score (nSPS) is 15.3. The van der Waals surface area contributed by atoms with Crippen LogP contribution in [0.5, 0.6) is 0 Å². The van der Waals surface area contributed by atoms with Crippen LogP contribution in [-0.2, 0) is 14.3 Å². The molecule has 1 saturated carbocycles. The topological polar surface area (TPSA) is 75.2 Å². The number of nitrogens with zero attached hydrogens (tertiary/aromatic N) is 2. The van der Waals surface area contributed by atoms with Crippen LogP contribution in [0.4, 0.5) is 0 Å². The summed E-state index contributed by atoms with van der Waals surface area (Å²) in [6, 6.07) is 0. The molecule has 8 heteroatoms. The first-order valence-electron chi connectivity index (χ1n) is 8.82. The van der Waals surface area contributed by atoms with E-state index in [0.717, 1.165) is 45.8 Å². The molecule has 1 rings (SSSR count). The van der Waals surface area contributed by atoms with Crippen molar-refractivity contribution in [3.8, 4) is 0 Å². The Morgan fingerprint density at radius 1 is 1.24 bits per heavy atom. The summed E-state index contributed by atoms with van der Waals surface area (Å²) in [5.74, 6) is 0.691. The fourth-order valence-electron chi connectivity index (χ4n) is 2.27. The molecule has 0 heterocycles. The number of guanidine groups is 1. The molecule has 0 aliphatic heterocycles. The Balaban J connectivity index is 0.00000576. The highest BCUT2D eigenvalue weighted by Crippen LogP contribution is 2.48. The smallest absolute Gasteiger partial charge is 0.243 e. The van der Waals surface area contributed by atoms with Gasteiger partial charge >= 0.3 is 0 Å². The molecule has 0 bridgehead atoms. The molecule has 0 atom stereocenters. The number of ether oxygens (including phenoxy) is 2. The van der Waals surface area contributed by atoms with E-state index in [2.05, 4.69) is 15.6 Å². The number of hydrogen-bond donors (Lipinski definition) is 2. The van der Waals surface area contributed by atoms with Gasteiger partial charge < -0.3 is 25.0 Å². The minimum absolute atomic E-state index is 0. The van der Waals surface area contributed by atoms with Gasteiger partial charge in [-0.15, -0.1) is 24.0 Å². The highest BCUT2D eigenvalue weighted by molar-refractivity contribution is 14.0. The third kappa shape index (κ3) is 10.9. The molecular formula is C17H35IN4O3. The van der Waals surface area contributed by atoms with Crippen molar-refractivity contribution < 1.29 is 14.3 Å². The van der Waals surface area contributed by atoms with Crippen molar-refractivity contribution in [2.45, 2.75) is 32.6 Å². The van der Waals surface area contributed by atoms with Gasteiger partial charge in [0.25, 0.3) is 0 Å². The molecule has 148 valence electrons. The first-order valence-corrected chi connectivity index (χ1v) is 8.82. The number of nitrogens with one attached hydrogen (secondary N) is 2. The van der Waals surface area contributed by atoms with Gasteiger partial charge in [-0.3, -0.25) is 4.79 Å². The number of carbonyl (C=O) groups excluding carboxylic acids is 1. The van der Waals surface area contributed by atoms with Crippen molar-refractivity contribution in [3.05, 3.63) is 0 Å². The molecule has 25 heavy (non-hydrogen) atoms. The van der Waals surface area contributed by atoms with E-state index < -0.39 is 0 Å². The summed E-state index contributed by atoms with van der Waals surface area (Å²) in [6.45, 7) is 6.03. The highest BCUT2D eigenvalue weighted by atomic mass is 127. The summed E-state index contributed by atoms with van der Waals surface area (Å²) in [5, 5.41) is 6.67. The summed E-state index contributed by atoms with van der Waals surface area (Å²) in [7, 11) is 5.22. The minimum Gasteiger partial charge on any atom is -0.385 e. The van der Waals surface area contributed by atoms with Crippen LogP contribution in [0, 0.1) is 5.41 Å². The second kappa shape index (κ2) is 13.6. The van der Waals surface area contributed by atoms with E-state index >= 15 is 0 Å². The molecule has 0 spiro atoms. The molecule has 0 aromatic rings. The maximum absolute atomic E-state index is 11.7. The first kappa shape index (κ1) is 24.4. The van der Waals surface area contributed by atoms with E-state index in [0.29, 0.717) is 11.4 Å². The first-order chi connectivity index (χ1) is 11.5. The number of halogens is 1. The van der Waals surface area contributed by atoms with Crippen LogP contribution < -0.4 is 10.6 Å². The Hall–Kier alpha value is -0.610.